The highest BCUT2D eigenvalue weighted by molar-refractivity contribution is 6.27. The summed E-state index contributed by atoms with van der Waals surface area (Å²) < 4.78 is 0. The van der Waals surface area contributed by atoms with Crippen LogP contribution in [0.3, 0.4) is 0 Å². The maximum atomic E-state index is 12.4. The minimum atomic E-state index is -0.850. The standard InChI is InChI=1S/C13H15N3O3/c1-7(2)10-11(17)15-13(19)16(12(10)18)9-5-4-6-14-8(9)3/h4-7,10H,1-3H3,(H,15,17,19). The third-order valence-electron chi connectivity index (χ3n) is 3.09. The summed E-state index contributed by atoms with van der Waals surface area (Å²) in [6.45, 7) is 5.25. The lowest BCUT2D eigenvalue weighted by Crippen LogP contribution is -2.59. The molecule has 0 aliphatic carbocycles. The van der Waals surface area contributed by atoms with Crippen molar-refractivity contribution in [2.24, 2.45) is 11.8 Å². The Labute approximate surface area is 110 Å². The van der Waals surface area contributed by atoms with Crippen LogP contribution in [0.15, 0.2) is 18.3 Å². The van der Waals surface area contributed by atoms with Crippen LogP contribution in [0.1, 0.15) is 19.5 Å². The molecule has 0 bridgehead atoms. The lowest BCUT2D eigenvalue weighted by Gasteiger charge is -2.32. The van der Waals surface area contributed by atoms with Gasteiger partial charge in [0.1, 0.15) is 5.92 Å². The molecule has 1 saturated heterocycles. The Hall–Kier alpha value is -2.24. The predicted octanol–water partition coefficient (Wildman–Crippen LogP) is 1.25. The highest BCUT2D eigenvalue weighted by atomic mass is 16.2. The fourth-order valence-corrected chi connectivity index (χ4v) is 2.12. The highest BCUT2D eigenvalue weighted by Crippen LogP contribution is 2.25. The maximum absolute atomic E-state index is 12.4. The van der Waals surface area contributed by atoms with E-state index in [1.54, 1.807) is 39.1 Å². The first-order chi connectivity index (χ1) is 8.93. The zero-order valence-corrected chi connectivity index (χ0v) is 11.0. The molecule has 1 atom stereocenters. The van der Waals surface area contributed by atoms with Crippen molar-refractivity contribution in [1.29, 1.82) is 0 Å². The Kier molecular flexibility index (Phi) is 3.33. The van der Waals surface area contributed by atoms with E-state index in [0.29, 0.717) is 11.4 Å². The molecule has 4 amide bonds. The van der Waals surface area contributed by atoms with Crippen LogP contribution >= 0.6 is 0 Å². The van der Waals surface area contributed by atoms with Crippen molar-refractivity contribution in [2.45, 2.75) is 20.8 Å². The second kappa shape index (κ2) is 4.79. The van der Waals surface area contributed by atoms with E-state index in [2.05, 4.69) is 10.3 Å². The van der Waals surface area contributed by atoms with Gasteiger partial charge in [-0.1, -0.05) is 13.8 Å². The van der Waals surface area contributed by atoms with Crippen LogP contribution in [-0.4, -0.2) is 22.8 Å². The summed E-state index contributed by atoms with van der Waals surface area (Å²) in [6, 6.07) is 2.56. The molecule has 6 nitrogen and oxygen atoms in total. The van der Waals surface area contributed by atoms with Gasteiger partial charge in [0, 0.05) is 6.20 Å². The Morgan fingerprint density at radius 1 is 1.32 bits per heavy atom. The van der Waals surface area contributed by atoms with E-state index in [1.165, 1.54) is 0 Å². The number of aromatic nitrogens is 1. The Morgan fingerprint density at radius 3 is 2.58 bits per heavy atom. The number of aryl methyl sites for hydroxylation is 1. The number of anilines is 1. The Bertz CT molecular complexity index is 554. The maximum Gasteiger partial charge on any atom is 0.335 e. The molecule has 2 rings (SSSR count). The fourth-order valence-electron chi connectivity index (χ4n) is 2.12. The number of amides is 4. The Balaban J connectivity index is 2.45. The van der Waals surface area contributed by atoms with Crippen molar-refractivity contribution < 1.29 is 14.4 Å². The molecule has 0 aromatic carbocycles. The average Bonchev–Trinajstić information content (AvgIpc) is 2.30. The number of rotatable bonds is 2. The zero-order valence-electron chi connectivity index (χ0n) is 11.0. The molecule has 2 heterocycles. The summed E-state index contributed by atoms with van der Waals surface area (Å²) in [6.07, 6.45) is 1.58. The molecule has 1 N–H and O–H groups in total. The third kappa shape index (κ3) is 2.21. The molecule has 0 spiro atoms. The van der Waals surface area contributed by atoms with Crippen LogP contribution in [0.5, 0.6) is 0 Å². The van der Waals surface area contributed by atoms with E-state index < -0.39 is 23.8 Å². The van der Waals surface area contributed by atoms with E-state index in [1.807, 2.05) is 0 Å². The summed E-state index contributed by atoms with van der Waals surface area (Å²) in [5.41, 5.74) is 0.964. The molecule has 1 aliphatic rings. The molecule has 1 aromatic rings. The predicted molar refractivity (Wildman–Crippen MR) is 68.3 cm³/mol. The van der Waals surface area contributed by atoms with Gasteiger partial charge in [-0.2, -0.15) is 0 Å². The van der Waals surface area contributed by atoms with E-state index in [4.69, 9.17) is 0 Å². The summed E-state index contributed by atoms with van der Waals surface area (Å²) >= 11 is 0. The smallest absolute Gasteiger partial charge is 0.277 e. The second-order valence-corrected chi connectivity index (χ2v) is 4.80. The number of hydrogen-bond acceptors (Lipinski definition) is 4. The van der Waals surface area contributed by atoms with Gasteiger partial charge < -0.3 is 0 Å². The van der Waals surface area contributed by atoms with Crippen molar-refractivity contribution in [3.05, 3.63) is 24.0 Å². The molecule has 1 fully saturated rings. The molecule has 100 valence electrons. The van der Waals surface area contributed by atoms with E-state index in [9.17, 15) is 14.4 Å². The van der Waals surface area contributed by atoms with Gasteiger partial charge in [0.25, 0.3) is 0 Å². The van der Waals surface area contributed by atoms with Gasteiger partial charge in [-0.25, -0.2) is 9.69 Å². The number of nitrogens with zero attached hydrogens (tertiary/aromatic N) is 2. The quantitative estimate of drug-likeness (QED) is 0.812. The monoisotopic (exact) mass is 261 g/mol. The summed E-state index contributed by atoms with van der Waals surface area (Å²) in [5.74, 6) is -2.07. The van der Waals surface area contributed by atoms with Gasteiger partial charge in [0.05, 0.1) is 11.4 Å². The molecule has 0 radical (unpaired) electrons. The van der Waals surface area contributed by atoms with Gasteiger partial charge in [0.2, 0.25) is 11.8 Å². The van der Waals surface area contributed by atoms with Gasteiger partial charge in [-0.05, 0) is 25.0 Å². The van der Waals surface area contributed by atoms with Crippen LogP contribution in [0.25, 0.3) is 0 Å². The molecular formula is C13H15N3O3. The van der Waals surface area contributed by atoms with Crippen LogP contribution in [-0.2, 0) is 9.59 Å². The van der Waals surface area contributed by atoms with Gasteiger partial charge >= 0.3 is 6.03 Å². The number of hydrogen-bond donors (Lipinski definition) is 1. The van der Waals surface area contributed by atoms with E-state index >= 15 is 0 Å². The number of imide groups is 2. The third-order valence-corrected chi connectivity index (χ3v) is 3.09. The molecule has 1 aromatic heterocycles. The topological polar surface area (TPSA) is 79.4 Å². The number of nitrogens with one attached hydrogen (secondary N) is 1. The first-order valence-electron chi connectivity index (χ1n) is 6.04. The van der Waals surface area contributed by atoms with Gasteiger partial charge in [0.15, 0.2) is 0 Å². The zero-order chi connectivity index (χ0) is 14.2. The lowest BCUT2D eigenvalue weighted by molar-refractivity contribution is -0.136. The molecule has 1 unspecified atom stereocenters. The number of pyridine rings is 1. The van der Waals surface area contributed by atoms with Crippen LogP contribution < -0.4 is 10.2 Å². The van der Waals surface area contributed by atoms with E-state index in [0.717, 1.165) is 4.90 Å². The molecule has 1 aliphatic heterocycles. The normalized spacial score (nSPS) is 19.9. The van der Waals surface area contributed by atoms with Crippen LogP contribution in [0.4, 0.5) is 10.5 Å². The molecule has 6 heteroatoms. The van der Waals surface area contributed by atoms with Gasteiger partial charge in [-0.15, -0.1) is 0 Å². The van der Waals surface area contributed by atoms with Crippen LogP contribution in [0, 0.1) is 18.8 Å². The van der Waals surface area contributed by atoms with Crippen molar-refractivity contribution in [1.82, 2.24) is 10.3 Å². The van der Waals surface area contributed by atoms with Crippen molar-refractivity contribution in [2.75, 3.05) is 4.90 Å². The van der Waals surface area contributed by atoms with Crippen molar-refractivity contribution in [3.8, 4) is 0 Å². The average molecular weight is 261 g/mol. The van der Waals surface area contributed by atoms with Crippen molar-refractivity contribution >= 4 is 23.5 Å². The SMILES string of the molecule is Cc1ncccc1N1C(=O)NC(=O)C(C(C)C)C1=O. The minimum absolute atomic E-state index is 0.180. The number of carbonyl (C=O) groups excluding carboxylic acids is 3. The Morgan fingerprint density at radius 2 is 2.00 bits per heavy atom. The number of barbiturate groups is 1. The largest absolute Gasteiger partial charge is 0.335 e. The summed E-state index contributed by atoms with van der Waals surface area (Å²) in [5, 5.41) is 2.22. The fraction of sp³-hybridized carbons (Fsp3) is 0.385. The lowest BCUT2D eigenvalue weighted by atomic mass is 9.92. The van der Waals surface area contributed by atoms with Crippen LogP contribution in [0.2, 0.25) is 0 Å². The molecular weight excluding hydrogens is 246 g/mol. The first-order valence-corrected chi connectivity index (χ1v) is 6.04. The first kappa shape index (κ1) is 13.2. The minimum Gasteiger partial charge on any atom is -0.277 e. The second-order valence-electron chi connectivity index (χ2n) is 4.80. The summed E-state index contributed by atoms with van der Waals surface area (Å²) in [7, 11) is 0. The molecule has 0 saturated carbocycles. The highest BCUT2D eigenvalue weighted by Gasteiger charge is 2.43. The van der Waals surface area contributed by atoms with Crippen molar-refractivity contribution in [3.63, 3.8) is 0 Å². The number of carbonyl (C=O) groups is 3. The van der Waals surface area contributed by atoms with E-state index in [-0.39, 0.29) is 5.92 Å². The molecule has 19 heavy (non-hydrogen) atoms. The number of urea groups is 1. The summed E-state index contributed by atoms with van der Waals surface area (Å²) in [4.78, 5) is 41.0. The van der Waals surface area contributed by atoms with Gasteiger partial charge in [-0.3, -0.25) is 19.9 Å².